The van der Waals surface area contributed by atoms with Crippen molar-refractivity contribution in [2.24, 2.45) is 0 Å². The molecular weight excluding hydrogens is 384 g/mol. The highest BCUT2D eigenvalue weighted by molar-refractivity contribution is 6.01. The van der Waals surface area contributed by atoms with Crippen LogP contribution in [-0.2, 0) is 14.3 Å². The smallest absolute Gasteiger partial charge is 0.336 e. The van der Waals surface area contributed by atoms with Gasteiger partial charge in [0.2, 0.25) is 0 Å². The Morgan fingerprint density at radius 1 is 1.00 bits per heavy atom. The fourth-order valence-corrected chi connectivity index (χ4v) is 2.34. The second-order valence-electron chi connectivity index (χ2n) is 6.02. The molecular formula is C23H22N2O5. The molecule has 0 unspecified atom stereocenters. The number of nitrogens with one attached hydrogen (secondary N) is 1. The molecule has 0 spiro atoms. The lowest BCUT2D eigenvalue weighted by molar-refractivity contribution is -0.128. The largest absolute Gasteiger partial charge is 0.497 e. The van der Waals surface area contributed by atoms with Crippen LogP contribution in [-0.4, -0.2) is 39.2 Å². The quantitative estimate of drug-likeness (QED) is 0.226. The van der Waals surface area contributed by atoms with E-state index in [0.29, 0.717) is 24.5 Å². The molecule has 154 valence electrons. The number of carbonyl (C=O) groups excluding carboxylic acids is 2. The van der Waals surface area contributed by atoms with Crippen molar-refractivity contribution < 1.29 is 23.8 Å². The summed E-state index contributed by atoms with van der Waals surface area (Å²) in [5, 5.41) is 11.8. The van der Waals surface area contributed by atoms with Gasteiger partial charge < -0.3 is 19.5 Å². The van der Waals surface area contributed by atoms with Gasteiger partial charge in [0.1, 0.15) is 23.1 Å². The number of nitriles is 1. The number of carbonyl (C=O) groups is 2. The minimum atomic E-state index is -0.524. The summed E-state index contributed by atoms with van der Waals surface area (Å²) < 4.78 is 15.2. The van der Waals surface area contributed by atoms with Crippen molar-refractivity contribution in [1.29, 1.82) is 5.26 Å². The predicted octanol–water partition coefficient (Wildman–Crippen LogP) is 2.98. The van der Waals surface area contributed by atoms with Crippen molar-refractivity contribution in [3.63, 3.8) is 0 Å². The van der Waals surface area contributed by atoms with Crippen LogP contribution in [0.2, 0.25) is 0 Å². The first-order valence-electron chi connectivity index (χ1n) is 9.08. The van der Waals surface area contributed by atoms with Gasteiger partial charge in [-0.15, -0.1) is 0 Å². The number of methoxy groups -OCH3 is 2. The summed E-state index contributed by atoms with van der Waals surface area (Å²) in [4.78, 5) is 23.9. The van der Waals surface area contributed by atoms with Crippen molar-refractivity contribution >= 4 is 24.0 Å². The van der Waals surface area contributed by atoms with Crippen LogP contribution in [0.1, 0.15) is 11.1 Å². The minimum absolute atomic E-state index is 0.0294. The van der Waals surface area contributed by atoms with Gasteiger partial charge in [0, 0.05) is 19.7 Å². The zero-order valence-electron chi connectivity index (χ0n) is 16.8. The van der Waals surface area contributed by atoms with Crippen LogP contribution in [0.25, 0.3) is 12.2 Å². The third kappa shape index (κ3) is 7.26. The van der Waals surface area contributed by atoms with Crippen molar-refractivity contribution in [3.05, 3.63) is 71.3 Å². The van der Waals surface area contributed by atoms with Gasteiger partial charge in [0.15, 0.2) is 0 Å². The Balaban J connectivity index is 1.95. The molecule has 0 aliphatic carbocycles. The average molecular weight is 406 g/mol. The molecule has 7 nitrogen and oxygen atoms in total. The fourth-order valence-electron chi connectivity index (χ4n) is 2.34. The second kappa shape index (κ2) is 11.8. The van der Waals surface area contributed by atoms with Crippen LogP contribution >= 0.6 is 0 Å². The third-order valence-electron chi connectivity index (χ3n) is 3.89. The van der Waals surface area contributed by atoms with Gasteiger partial charge in [0.05, 0.1) is 13.7 Å². The van der Waals surface area contributed by atoms with Crippen LogP contribution < -0.4 is 14.8 Å². The molecule has 30 heavy (non-hydrogen) atoms. The second-order valence-corrected chi connectivity index (χ2v) is 6.02. The van der Waals surface area contributed by atoms with Gasteiger partial charge in [-0.25, -0.2) is 4.79 Å². The summed E-state index contributed by atoms with van der Waals surface area (Å²) >= 11 is 0. The van der Waals surface area contributed by atoms with E-state index in [2.05, 4.69) is 5.32 Å². The van der Waals surface area contributed by atoms with E-state index in [-0.39, 0.29) is 5.57 Å². The van der Waals surface area contributed by atoms with Gasteiger partial charge in [-0.2, -0.15) is 5.26 Å². The van der Waals surface area contributed by atoms with E-state index in [0.717, 1.165) is 11.3 Å². The highest BCUT2D eigenvalue weighted by atomic mass is 16.5. The van der Waals surface area contributed by atoms with Crippen molar-refractivity contribution in [2.75, 3.05) is 27.4 Å². The molecule has 0 saturated carbocycles. The molecule has 2 rings (SSSR count). The van der Waals surface area contributed by atoms with Crippen molar-refractivity contribution in [1.82, 2.24) is 5.32 Å². The number of ether oxygens (including phenoxy) is 3. The molecule has 1 N–H and O–H groups in total. The zero-order valence-corrected chi connectivity index (χ0v) is 16.8. The Morgan fingerprint density at radius 3 is 2.23 bits per heavy atom. The summed E-state index contributed by atoms with van der Waals surface area (Å²) in [7, 11) is 3.11. The lowest BCUT2D eigenvalue weighted by Gasteiger charge is -2.04. The molecule has 0 fully saturated rings. The summed E-state index contributed by atoms with van der Waals surface area (Å²) in [6.45, 7) is 0.671. The molecule has 0 atom stereocenters. The highest BCUT2D eigenvalue weighted by Gasteiger charge is 2.08. The Labute approximate surface area is 175 Å². The Kier molecular flexibility index (Phi) is 8.84. The summed E-state index contributed by atoms with van der Waals surface area (Å²) in [6, 6.07) is 15.6. The lowest BCUT2D eigenvalue weighted by atomic mass is 10.1. The molecule has 0 aliphatic heterocycles. The van der Waals surface area contributed by atoms with E-state index in [1.54, 1.807) is 49.6 Å². The van der Waals surface area contributed by atoms with E-state index in [1.165, 1.54) is 19.3 Å². The summed E-state index contributed by atoms with van der Waals surface area (Å²) in [6.07, 6.45) is 4.42. The van der Waals surface area contributed by atoms with Crippen LogP contribution in [0.5, 0.6) is 11.5 Å². The topological polar surface area (TPSA) is 97.6 Å². The molecule has 2 aromatic rings. The first kappa shape index (κ1) is 22.4. The number of rotatable bonds is 9. The Hall–Kier alpha value is -3.89. The predicted molar refractivity (Wildman–Crippen MR) is 113 cm³/mol. The van der Waals surface area contributed by atoms with E-state index in [9.17, 15) is 14.9 Å². The van der Waals surface area contributed by atoms with E-state index < -0.39 is 11.9 Å². The zero-order chi connectivity index (χ0) is 21.8. The Bertz CT molecular complexity index is 955. The Morgan fingerprint density at radius 2 is 1.63 bits per heavy atom. The standard InChI is InChI=1S/C23H22N2O5/c1-28-14-13-25-23(27)19(16-24)15-18-5-10-21(11-6-18)30-22(26)12-7-17-3-8-20(29-2)9-4-17/h3-12,15H,13-14H2,1-2H3,(H,25,27)/b12-7+,19-15+. The molecule has 0 heterocycles. The number of hydrogen-bond acceptors (Lipinski definition) is 6. The first-order chi connectivity index (χ1) is 14.5. The molecule has 1 amide bonds. The molecule has 7 heteroatoms. The number of esters is 1. The molecule has 0 radical (unpaired) electrons. The summed E-state index contributed by atoms with van der Waals surface area (Å²) in [5.74, 6) is 0.0773. The maximum absolute atomic E-state index is 12.0. The minimum Gasteiger partial charge on any atom is -0.497 e. The molecule has 2 aromatic carbocycles. The molecule has 0 aromatic heterocycles. The monoisotopic (exact) mass is 406 g/mol. The number of nitrogens with zero attached hydrogens (tertiary/aromatic N) is 1. The van der Waals surface area contributed by atoms with Gasteiger partial charge >= 0.3 is 5.97 Å². The van der Waals surface area contributed by atoms with E-state index in [4.69, 9.17) is 14.2 Å². The van der Waals surface area contributed by atoms with Crippen molar-refractivity contribution in [2.45, 2.75) is 0 Å². The maximum atomic E-state index is 12.0. The first-order valence-corrected chi connectivity index (χ1v) is 9.08. The molecule has 0 bridgehead atoms. The van der Waals surface area contributed by atoms with Crippen LogP contribution in [0.15, 0.2) is 60.2 Å². The van der Waals surface area contributed by atoms with E-state index >= 15 is 0 Å². The fraction of sp³-hybridized carbons (Fsp3) is 0.174. The van der Waals surface area contributed by atoms with Crippen LogP contribution in [0.3, 0.4) is 0 Å². The van der Waals surface area contributed by atoms with Crippen LogP contribution in [0, 0.1) is 11.3 Å². The number of benzene rings is 2. The average Bonchev–Trinajstić information content (AvgIpc) is 2.77. The van der Waals surface area contributed by atoms with Gasteiger partial charge in [-0.1, -0.05) is 24.3 Å². The highest BCUT2D eigenvalue weighted by Crippen LogP contribution is 2.16. The number of amides is 1. The number of hydrogen-bond donors (Lipinski definition) is 1. The normalized spacial score (nSPS) is 11.0. The maximum Gasteiger partial charge on any atom is 0.336 e. The molecule has 0 aliphatic rings. The van der Waals surface area contributed by atoms with Crippen molar-refractivity contribution in [3.8, 4) is 17.6 Å². The van der Waals surface area contributed by atoms with Gasteiger partial charge in [-0.3, -0.25) is 4.79 Å². The van der Waals surface area contributed by atoms with Crippen LogP contribution in [0.4, 0.5) is 0 Å². The summed E-state index contributed by atoms with van der Waals surface area (Å²) in [5.41, 5.74) is 1.43. The molecule has 0 saturated heterocycles. The SMILES string of the molecule is COCCNC(=O)/C(C#N)=C/c1ccc(OC(=O)/C=C/c2ccc(OC)cc2)cc1. The van der Waals surface area contributed by atoms with Gasteiger partial charge in [0.25, 0.3) is 5.91 Å². The third-order valence-corrected chi connectivity index (χ3v) is 3.89. The van der Waals surface area contributed by atoms with E-state index in [1.807, 2.05) is 18.2 Å². The van der Waals surface area contributed by atoms with Gasteiger partial charge in [-0.05, 0) is 47.5 Å². The lowest BCUT2D eigenvalue weighted by Crippen LogP contribution is -2.27.